The topological polar surface area (TPSA) is 29.9 Å². The zero-order valence-electron chi connectivity index (χ0n) is 10.9. The van der Waals surface area contributed by atoms with Gasteiger partial charge in [0.15, 0.2) is 0 Å². The first-order valence-electron chi connectivity index (χ1n) is 6.45. The Labute approximate surface area is 99.2 Å². The molecule has 0 saturated heterocycles. The Hall–Kier alpha value is -0.830. The van der Waals surface area contributed by atoms with Crippen LogP contribution in [0.1, 0.15) is 39.3 Å². The second kappa shape index (κ2) is 7.44. The number of aryl methyl sites for hydroxylation is 2. The molecular weight excluding hydrogens is 198 g/mol. The maximum atomic E-state index is 4.33. The van der Waals surface area contributed by atoms with Crippen LogP contribution in [0.3, 0.4) is 0 Å². The van der Waals surface area contributed by atoms with E-state index < -0.39 is 0 Å². The highest BCUT2D eigenvalue weighted by atomic mass is 15.3. The van der Waals surface area contributed by atoms with E-state index in [2.05, 4.69) is 41.9 Å². The van der Waals surface area contributed by atoms with Crippen LogP contribution < -0.4 is 5.32 Å². The molecule has 0 amide bonds. The minimum absolute atomic E-state index is 0.741. The van der Waals surface area contributed by atoms with Crippen molar-refractivity contribution in [2.75, 3.05) is 13.1 Å². The molecule has 0 aliphatic carbocycles. The van der Waals surface area contributed by atoms with E-state index in [1.54, 1.807) is 0 Å². The molecule has 3 heteroatoms. The van der Waals surface area contributed by atoms with Gasteiger partial charge in [0, 0.05) is 18.4 Å². The summed E-state index contributed by atoms with van der Waals surface area (Å²) in [7, 11) is 0. The van der Waals surface area contributed by atoms with Gasteiger partial charge >= 0.3 is 0 Å². The van der Waals surface area contributed by atoms with Crippen molar-refractivity contribution in [3.63, 3.8) is 0 Å². The molecule has 1 aromatic rings. The molecule has 92 valence electrons. The van der Waals surface area contributed by atoms with E-state index in [0.717, 1.165) is 38.4 Å². The molecule has 0 spiro atoms. The largest absolute Gasteiger partial charge is 0.316 e. The molecule has 1 rings (SSSR count). The van der Waals surface area contributed by atoms with Crippen LogP contribution in [0.15, 0.2) is 12.3 Å². The van der Waals surface area contributed by atoms with Crippen LogP contribution in [-0.4, -0.2) is 22.9 Å². The van der Waals surface area contributed by atoms with Crippen molar-refractivity contribution >= 4 is 0 Å². The number of nitrogens with one attached hydrogen (secondary N) is 1. The molecule has 0 aliphatic heterocycles. The minimum Gasteiger partial charge on any atom is -0.316 e. The third-order valence-electron chi connectivity index (χ3n) is 2.58. The summed E-state index contributed by atoms with van der Waals surface area (Å²) in [6.07, 6.45) is 5.39. The van der Waals surface area contributed by atoms with Crippen molar-refractivity contribution in [1.29, 1.82) is 0 Å². The highest BCUT2D eigenvalue weighted by molar-refractivity contribution is 5.00. The lowest BCUT2D eigenvalue weighted by molar-refractivity contribution is 0.528. The Morgan fingerprint density at radius 3 is 2.94 bits per heavy atom. The fourth-order valence-electron chi connectivity index (χ4n) is 1.77. The van der Waals surface area contributed by atoms with Gasteiger partial charge in [0.05, 0.1) is 0 Å². The highest BCUT2D eigenvalue weighted by Crippen LogP contribution is 2.03. The SMILES string of the molecule is CCCn1nccc1CCCNCC(C)C. The number of rotatable bonds is 8. The summed E-state index contributed by atoms with van der Waals surface area (Å²) in [4.78, 5) is 0. The smallest absolute Gasteiger partial charge is 0.0492 e. The standard InChI is InChI=1S/C13H25N3/c1-4-10-16-13(7-9-15-16)6-5-8-14-11-12(2)3/h7,9,12,14H,4-6,8,10-11H2,1-3H3. The van der Waals surface area contributed by atoms with Gasteiger partial charge < -0.3 is 5.32 Å². The quantitative estimate of drug-likeness (QED) is 0.686. The van der Waals surface area contributed by atoms with Crippen LogP contribution >= 0.6 is 0 Å². The summed E-state index contributed by atoms with van der Waals surface area (Å²) < 4.78 is 2.13. The molecule has 1 aromatic heterocycles. The summed E-state index contributed by atoms with van der Waals surface area (Å²) in [6, 6.07) is 2.14. The van der Waals surface area contributed by atoms with E-state index in [1.165, 1.54) is 12.1 Å². The average Bonchev–Trinajstić information content (AvgIpc) is 2.65. The Balaban J connectivity index is 2.18. The lowest BCUT2D eigenvalue weighted by Gasteiger charge is -2.08. The van der Waals surface area contributed by atoms with E-state index in [0.29, 0.717) is 0 Å². The van der Waals surface area contributed by atoms with Crippen LogP contribution in [0.2, 0.25) is 0 Å². The van der Waals surface area contributed by atoms with Gasteiger partial charge in [0.2, 0.25) is 0 Å². The predicted octanol–water partition coefficient (Wildman–Crippen LogP) is 2.47. The van der Waals surface area contributed by atoms with E-state index in [-0.39, 0.29) is 0 Å². The summed E-state index contributed by atoms with van der Waals surface area (Å²) in [6.45, 7) is 9.94. The zero-order chi connectivity index (χ0) is 11.8. The number of aromatic nitrogens is 2. The van der Waals surface area contributed by atoms with Crippen molar-refractivity contribution < 1.29 is 0 Å². The molecule has 0 unspecified atom stereocenters. The Morgan fingerprint density at radius 1 is 1.44 bits per heavy atom. The molecule has 1 N–H and O–H groups in total. The van der Waals surface area contributed by atoms with Gasteiger partial charge in [0.1, 0.15) is 0 Å². The molecule has 0 atom stereocenters. The van der Waals surface area contributed by atoms with E-state index in [9.17, 15) is 0 Å². The van der Waals surface area contributed by atoms with Gasteiger partial charge in [-0.1, -0.05) is 20.8 Å². The van der Waals surface area contributed by atoms with Crippen molar-refractivity contribution in [2.24, 2.45) is 5.92 Å². The van der Waals surface area contributed by atoms with Crippen molar-refractivity contribution in [3.8, 4) is 0 Å². The van der Waals surface area contributed by atoms with Crippen LogP contribution in [-0.2, 0) is 13.0 Å². The molecule has 0 saturated carbocycles. The van der Waals surface area contributed by atoms with Crippen molar-refractivity contribution in [2.45, 2.75) is 46.6 Å². The summed E-state index contributed by atoms with van der Waals surface area (Å²) >= 11 is 0. The summed E-state index contributed by atoms with van der Waals surface area (Å²) in [5.74, 6) is 0.741. The molecule has 0 fully saturated rings. The molecule has 1 heterocycles. The van der Waals surface area contributed by atoms with E-state index in [4.69, 9.17) is 0 Å². The first-order chi connectivity index (χ1) is 7.74. The number of hydrogen-bond donors (Lipinski definition) is 1. The van der Waals surface area contributed by atoms with Gasteiger partial charge in [-0.05, 0) is 44.3 Å². The molecule has 0 aromatic carbocycles. The zero-order valence-corrected chi connectivity index (χ0v) is 10.9. The third-order valence-corrected chi connectivity index (χ3v) is 2.58. The van der Waals surface area contributed by atoms with Gasteiger partial charge in [-0.25, -0.2) is 0 Å². The van der Waals surface area contributed by atoms with Crippen LogP contribution in [0, 0.1) is 5.92 Å². The Kier molecular flexibility index (Phi) is 6.16. The average molecular weight is 223 g/mol. The molecule has 16 heavy (non-hydrogen) atoms. The van der Waals surface area contributed by atoms with Gasteiger partial charge in [0.25, 0.3) is 0 Å². The summed E-state index contributed by atoms with van der Waals surface area (Å²) in [5.41, 5.74) is 1.37. The predicted molar refractivity (Wildman–Crippen MR) is 68.5 cm³/mol. The fourth-order valence-corrected chi connectivity index (χ4v) is 1.77. The van der Waals surface area contributed by atoms with E-state index >= 15 is 0 Å². The number of nitrogens with zero attached hydrogens (tertiary/aromatic N) is 2. The fraction of sp³-hybridized carbons (Fsp3) is 0.769. The molecule has 0 aliphatic rings. The highest BCUT2D eigenvalue weighted by Gasteiger charge is 2.01. The third kappa shape index (κ3) is 4.79. The van der Waals surface area contributed by atoms with Gasteiger partial charge in [-0.2, -0.15) is 5.10 Å². The Bertz CT molecular complexity index is 278. The molecular formula is C13H25N3. The maximum Gasteiger partial charge on any atom is 0.0492 e. The first kappa shape index (κ1) is 13.2. The second-order valence-corrected chi connectivity index (χ2v) is 4.75. The van der Waals surface area contributed by atoms with Crippen LogP contribution in [0.25, 0.3) is 0 Å². The first-order valence-corrected chi connectivity index (χ1v) is 6.45. The second-order valence-electron chi connectivity index (χ2n) is 4.75. The maximum absolute atomic E-state index is 4.33. The van der Waals surface area contributed by atoms with Crippen LogP contribution in [0.5, 0.6) is 0 Å². The number of hydrogen-bond acceptors (Lipinski definition) is 2. The Morgan fingerprint density at radius 2 is 2.25 bits per heavy atom. The van der Waals surface area contributed by atoms with Crippen molar-refractivity contribution in [1.82, 2.24) is 15.1 Å². The monoisotopic (exact) mass is 223 g/mol. The molecule has 3 nitrogen and oxygen atoms in total. The van der Waals surface area contributed by atoms with Crippen LogP contribution in [0.4, 0.5) is 0 Å². The van der Waals surface area contributed by atoms with Gasteiger partial charge in [-0.3, -0.25) is 4.68 Å². The lowest BCUT2D eigenvalue weighted by Crippen LogP contribution is -2.21. The molecule has 0 radical (unpaired) electrons. The normalized spacial score (nSPS) is 11.2. The van der Waals surface area contributed by atoms with Crippen molar-refractivity contribution in [3.05, 3.63) is 18.0 Å². The lowest BCUT2D eigenvalue weighted by atomic mass is 10.2. The minimum atomic E-state index is 0.741. The summed E-state index contributed by atoms with van der Waals surface area (Å²) in [5, 5.41) is 7.80. The van der Waals surface area contributed by atoms with Gasteiger partial charge in [-0.15, -0.1) is 0 Å². The van der Waals surface area contributed by atoms with E-state index in [1.807, 2.05) is 6.20 Å². The molecule has 0 bridgehead atoms.